The van der Waals surface area contributed by atoms with Gasteiger partial charge in [-0.2, -0.15) is 0 Å². The standard InChI is InChI=1S/C27H27N3O4S/c1-17-6-4-5-7-19(17)26(31)29-13-11-20-23(15-29)35-25-24(20)27(32)30(16-28-25)12-10-18-8-9-21(33-2)22(14-18)34-3/h4-9,14,16H,10-13,15H2,1-3H3. The summed E-state index contributed by atoms with van der Waals surface area (Å²) in [6.45, 7) is 3.57. The number of aromatic nitrogens is 2. The molecule has 0 spiro atoms. The molecule has 1 aliphatic rings. The minimum absolute atomic E-state index is 0.0216. The number of methoxy groups -OCH3 is 2. The van der Waals surface area contributed by atoms with Gasteiger partial charge in [0.1, 0.15) is 4.83 Å². The van der Waals surface area contributed by atoms with Crippen molar-refractivity contribution in [3.8, 4) is 11.5 Å². The number of aryl methyl sites for hydroxylation is 3. The van der Waals surface area contributed by atoms with Crippen molar-refractivity contribution in [2.24, 2.45) is 0 Å². The van der Waals surface area contributed by atoms with Crippen molar-refractivity contribution in [1.82, 2.24) is 14.5 Å². The van der Waals surface area contributed by atoms with E-state index in [9.17, 15) is 9.59 Å². The quantitative estimate of drug-likeness (QED) is 0.405. The Bertz CT molecular complexity index is 1470. The molecule has 35 heavy (non-hydrogen) atoms. The van der Waals surface area contributed by atoms with E-state index in [4.69, 9.17) is 9.47 Å². The number of thiophene rings is 1. The Morgan fingerprint density at radius 3 is 2.69 bits per heavy atom. The number of rotatable bonds is 6. The molecule has 0 radical (unpaired) electrons. The molecule has 180 valence electrons. The monoisotopic (exact) mass is 489 g/mol. The lowest BCUT2D eigenvalue weighted by Gasteiger charge is -2.27. The number of fused-ring (bicyclic) bond motifs is 3. The number of hydrogen-bond donors (Lipinski definition) is 0. The van der Waals surface area contributed by atoms with Crippen LogP contribution >= 0.6 is 11.3 Å². The minimum atomic E-state index is -0.0216. The molecule has 0 atom stereocenters. The third kappa shape index (κ3) is 4.30. The van der Waals surface area contributed by atoms with Crippen LogP contribution < -0.4 is 15.0 Å². The largest absolute Gasteiger partial charge is 0.493 e. The molecule has 0 unspecified atom stereocenters. The molecule has 1 aliphatic heterocycles. The minimum Gasteiger partial charge on any atom is -0.493 e. The maximum absolute atomic E-state index is 13.4. The maximum atomic E-state index is 13.4. The van der Waals surface area contributed by atoms with Gasteiger partial charge in [0.2, 0.25) is 0 Å². The second-order valence-corrected chi connectivity index (χ2v) is 9.74. The number of ether oxygens (including phenoxy) is 2. The van der Waals surface area contributed by atoms with E-state index < -0.39 is 0 Å². The van der Waals surface area contributed by atoms with E-state index in [2.05, 4.69) is 4.98 Å². The molecule has 0 saturated carbocycles. The predicted octanol–water partition coefficient (Wildman–Crippen LogP) is 4.22. The van der Waals surface area contributed by atoms with Gasteiger partial charge < -0.3 is 14.4 Å². The molecule has 8 heteroatoms. The van der Waals surface area contributed by atoms with Crippen LogP contribution in [-0.4, -0.2) is 41.1 Å². The van der Waals surface area contributed by atoms with Gasteiger partial charge in [-0.15, -0.1) is 11.3 Å². The first kappa shape index (κ1) is 23.1. The number of hydrogen-bond acceptors (Lipinski definition) is 6. The number of carbonyl (C=O) groups excluding carboxylic acids is 1. The van der Waals surface area contributed by atoms with Crippen LogP contribution in [0.3, 0.4) is 0 Å². The Kier molecular flexibility index (Phi) is 6.30. The van der Waals surface area contributed by atoms with Gasteiger partial charge in [0.15, 0.2) is 11.5 Å². The van der Waals surface area contributed by atoms with Crippen molar-refractivity contribution in [2.45, 2.75) is 32.9 Å². The van der Waals surface area contributed by atoms with Crippen LogP contribution in [0.15, 0.2) is 53.6 Å². The van der Waals surface area contributed by atoms with E-state index in [0.29, 0.717) is 49.4 Å². The summed E-state index contributed by atoms with van der Waals surface area (Å²) in [6.07, 6.45) is 2.95. The Balaban J connectivity index is 1.38. The molecule has 3 heterocycles. The number of benzene rings is 2. The van der Waals surface area contributed by atoms with Crippen LogP contribution in [0.2, 0.25) is 0 Å². The Morgan fingerprint density at radius 2 is 1.91 bits per heavy atom. The molecule has 7 nitrogen and oxygen atoms in total. The summed E-state index contributed by atoms with van der Waals surface area (Å²) in [7, 11) is 3.22. The topological polar surface area (TPSA) is 73.7 Å². The normalized spacial score (nSPS) is 13.1. The second kappa shape index (κ2) is 9.54. The summed E-state index contributed by atoms with van der Waals surface area (Å²) in [5.74, 6) is 1.38. The highest BCUT2D eigenvalue weighted by molar-refractivity contribution is 7.18. The van der Waals surface area contributed by atoms with Gasteiger partial charge in [-0.25, -0.2) is 4.98 Å². The highest BCUT2D eigenvalue weighted by atomic mass is 32.1. The Morgan fingerprint density at radius 1 is 1.11 bits per heavy atom. The molecule has 2 aromatic carbocycles. The molecule has 0 fully saturated rings. The van der Waals surface area contributed by atoms with Gasteiger partial charge in [-0.05, 0) is 54.7 Å². The van der Waals surface area contributed by atoms with Gasteiger partial charge in [0.05, 0.1) is 32.5 Å². The zero-order valence-corrected chi connectivity index (χ0v) is 20.9. The number of amides is 1. The molecule has 1 amide bonds. The molecular formula is C27H27N3O4S. The zero-order valence-electron chi connectivity index (χ0n) is 20.0. The van der Waals surface area contributed by atoms with E-state index >= 15 is 0 Å². The average Bonchev–Trinajstić information content (AvgIpc) is 3.26. The molecule has 0 N–H and O–H groups in total. The van der Waals surface area contributed by atoms with E-state index in [1.54, 1.807) is 25.1 Å². The van der Waals surface area contributed by atoms with Crippen LogP contribution in [0.1, 0.15) is 31.9 Å². The molecule has 0 saturated heterocycles. The van der Waals surface area contributed by atoms with E-state index in [0.717, 1.165) is 32.0 Å². The van der Waals surface area contributed by atoms with Crippen LogP contribution in [0.4, 0.5) is 0 Å². The van der Waals surface area contributed by atoms with Gasteiger partial charge in [-0.3, -0.25) is 14.2 Å². The van der Waals surface area contributed by atoms with Crippen LogP contribution in [0, 0.1) is 6.92 Å². The van der Waals surface area contributed by atoms with Gasteiger partial charge in [0, 0.05) is 23.5 Å². The predicted molar refractivity (Wildman–Crippen MR) is 137 cm³/mol. The van der Waals surface area contributed by atoms with Crippen LogP contribution in [0.5, 0.6) is 11.5 Å². The highest BCUT2D eigenvalue weighted by Gasteiger charge is 2.27. The number of nitrogens with zero attached hydrogens (tertiary/aromatic N) is 3. The van der Waals surface area contributed by atoms with Crippen molar-refractivity contribution in [2.75, 3.05) is 20.8 Å². The summed E-state index contributed by atoms with van der Waals surface area (Å²) in [4.78, 5) is 34.8. The fourth-order valence-electron chi connectivity index (χ4n) is 4.62. The first-order chi connectivity index (χ1) is 17.0. The summed E-state index contributed by atoms with van der Waals surface area (Å²) in [5, 5.41) is 0.697. The SMILES string of the molecule is COc1ccc(CCn2cnc3sc4c(c3c2=O)CCN(C(=O)c2ccccc2C)C4)cc1OC. The third-order valence-electron chi connectivity index (χ3n) is 6.58. The Labute approximate surface area is 207 Å². The van der Waals surface area contributed by atoms with Crippen molar-refractivity contribution in [3.63, 3.8) is 0 Å². The molecule has 0 bridgehead atoms. The fourth-order valence-corrected chi connectivity index (χ4v) is 5.81. The van der Waals surface area contributed by atoms with Crippen LogP contribution in [0.25, 0.3) is 10.2 Å². The Hall–Kier alpha value is -3.65. The van der Waals surface area contributed by atoms with E-state index in [-0.39, 0.29) is 11.5 Å². The summed E-state index contributed by atoms with van der Waals surface area (Å²) >= 11 is 1.52. The van der Waals surface area contributed by atoms with Crippen molar-refractivity contribution >= 4 is 27.5 Å². The van der Waals surface area contributed by atoms with Crippen molar-refractivity contribution in [1.29, 1.82) is 0 Å². The molecule has 5 rings (SSSR count). The average molecular weight is 490 g/mol. The van der Waals surface area contributed by atoms with E-state index in [1.165, 1.54) is 11.3 Å². The van der Waals surface area contributed by atoms with Crippen molar-refractivity contribution in [3.05, 3.63) is 86.3 Å². The first-order valence-electron chi connectivity index (χ1n) is 11.6. The fraction of sp³-hybridized carbons (Fsp3) is 0.296. The highest BCUT2D eigenvalue weighted by Crippen LogP contribution is 2.33. The van der Waals surface area contributed by atoms with Gasteiger partial charge >= 0.3 is 0 Å². The summed E-state index contributed by atoms with van der Waals surface area (Å²) < 4.78 is 12.4. The first-order valence-corrected chi connectivity index (χ1v) is 12.4. The second-order valence-electron chi connectivity index (χ2n) is 8.66. The third-order valence-corrected chi connectivity index (χ3v) is 7.70. The lowest BCUT2D eigenvalue weighted by Crippen LogP contribution is -2.36. The summed E-state index contributed by atoms with van der Waals surface area (Å²) in [5.41, 5.74) is 3.77. The summed E-state index contributed by atoms with van der Waals surface area (Å²) in [6, 6.07) is 13.4. The lowest BCUT2D eigenvalue weighted by atomic mass is 10.0. The smallest absolute Gasteiger partial charge is 0.262 e. The van der Waals surface area contributed by atoms with Gasteiger partial charge in [0.25, 0.3) is 11.5 Å². The van der Waals surface area contributed by atoms with Gasteiger partial charge in [-0.1, -0.05) is 24.3 Å². The molecule has 2 aromatic heterocycles. The molecular weight excluding hydrogens is 462 g/mol. The maximum Gasteiger partial charge on any atom is 0.262 e. The molecule has 0 aliphatic carbocycles. The molecule has 4 aromatic rings. The lowest BCUT2D eigenvalue weighted by molar-refractivity contribution is 0.0736. The number of carbonyl (C=O) groups is 1. The van der Waals surface area contributed by atoms with Crippen LogP contribution in [-0.2, 0) is 25.9 Å². The van der Waals surface area contributed by atoms with E-state index in [1.807, 2.05) is 54.3 Å². The van der Waals surface area contributed by atoms with Crippen molar-refractivity contribution < 1.29 is 14.3 Å². The zero-order chi connectivity index (χ0) is 24.5.